The van der Waals surface area contributed by atoms with Gasteiger partial charge in [0.1, 0.15) is 19.3 Å². The summed E-state index contributed by atoms with van der Waals surface area (Å²) in [5.74, 6) is 0.894. The van der Waals surface area contributed by atoms with Gasteiger partial charge in [-0.25, -0.2) is 8.42 Å². The van der Waals surface area contributed by atoms with Crippen LogP contribution >= 0.6 is 0 Å². The number of para-hydroxylation sites is 3. The van der Waals surface area contributed by atoms with Crippen LogP contribution < -0.4 is 19.1 Å². The third-order valence-corrected chi connectivity index (χ3v) is 5.55. The number of carbonyl (C=O) groups excluding carboxylic acids is 1. The Kier molecular flexibility index (Phi) is 6.08. The first-order chi connectivity index (χ1) is 13.4. The largest absolute Gasteiger partial charge is 0.486 e. The number of anilines is 1. The highest BCUT2D eigenvalue weighted by Crippen LogP contribution is 2.30. The number of ether oxygens (including phenoxy) is 2. The van der Waals surface area contributed by atoms with E-state index in [2.05, 4.69) is 5.32 Å². The maximum Gasteiger partial charge on any atom is 0.240 e. The van der Waals surface area contributed by atoms with Gasteiger partial charge in [0.25, 0.3) is 0 Å². The van der Waals surface area contributed by atoms with E-state index in [1.807, 2.05) is 37.3 Å². The van der Waals surface area contributed by atoms with Gasteiger partial charge in [-0.05, 0) is 30.2 Å². The second-order valence-corrected chi connectivity index (χ2v) is 8.46. The van der Waals surface area contributed by atoms with Crippen LogP contribution in [0.2, 0.25) is 0 Å². The molecule has 0 aliphatic carbocycles. The molecule has 0 saturated heterocycles. The Morgan fingerprint density at radius 2 is 1.82 bits per heavy atom. The van der Waals surface area contributed by atoms with E-state index in [1.54, 1.807) is 18.2 Å². The standard InChI is InChI=1S/C20H24N2O5S/c1-3-15-8-4-5-9-17(15)22(28(2,24)25)13-20(23)21-12-16-14-26-18-10-6-7-11-19(18)27-16/h4-11,16H,3,12-14H2,1-2H3,(H,21,23). The zero-order chi connectivity index (χ0) is 20.1. The van der Waals surface area contributed by atoms with E-state index in [-0.39, 0.29) is 19.2 Å². The van der Waals surface area contributed by atoms with Crippen LogP contribution in [0.3, 0.4) is 0 Å². The molecule has 0 radical (unpaired) electrons. The van der Waals surface area contributed by atoms with Gasteiger partial charge in [0, 0.05) is 0 Å². The molecule has 3 rings (SSSR count). The molecule has 1 heterocycles. The molecule has 1 amide bonds. The van der Waals surface area contributed by atoms with Crippen molar-refractivity contribution in [2.45, 2.75) is 19.4 Å². The molecule has 1 unspecified atom stereocenters. The maximum atomic E-state index is 12.4. The lowest BCUT2D eigenvalue weighted by atomic mass is 10.1. The fourth-order valence-corrected chi connectivity index (χ4v) is 3.90. The monoisotopic (exact) mass is 404 g/mol. The third-order valence-electron chi connectivity index (χ3n) is 4.42. The molecule has 1 aliphatic rings. The van der Waals surface area contributed by atoms with E-state index in [4.69, 9.17) is 9.47 Å². The second kappa shape index (κ2) is 8.52. The van der Waals surface area contributed by atoms with Crippen LogP contribution in [0.25, 0.3) is 0 Å². The molecular weight excluding hydrogens is 380 g/mol. The number of carbonyl (C=O) groups is 1. The fraction of sp³-hybridized carbons (Fsp3) is 0.350. The number of sulfonamides is 1. The molecule has 8 heteroatoms. The van der Waals surface area contributed by atoms with Crippen LogP contribution in [-0.4, -0.2) is 46.4 Å². The molecule has 28 heavy (non-hydrogen) atoms. The Labute approximate surface area is 165 Å². The number of aryl methyl sites for hydroxylation is 1. The summed E-state index contributed by atoms with van der Waals surface area (Å²) in [6.45, 7) is 2.18. The van der Waals surface area contributed by atoms with Crippen LogP contribution in [0.5, 0.6) is 11.5 Å². The Balaban J connectivity index is 1.64. The second-order valence-electron chi connectivity index (χ2n) is 6.55. The minimum absolute atomic E-state index is 0.222. The molecule has 1 aliphatic heterocycles. The minimum Gasteiger partial charge on any atom is -0.486 e. The Bertz CT molecular complexity index is 945. The highest BCUT2D eigenvalue weighted by atomic mass is 32.2. The molecule has 2 aromatic rings. The molecular formula is C20H24N2O5S. The Morgan fingerprint density at radius 3 is 2.54 bits per heavy atom. The van der Waals surface area contributed by atoms with Gasteiger partial charge in [0.2, 0.25) is 15.9 Å². The molecule has 2 aromatic carbocycles. The molecule has 0 saturated carbocycles. The molecule has 0 bridgehead atoms. The normalized spacial score (nSPS) is 15.7. The summed E-state index contributed by atoms with van der Waals surface area (Å²) >= 11 is 0. The number of hydrogen-bond acceptors (Lipinski definition) is 5. The maximum absolute atomic E-state index is 12.4. The lowest BCUT2D eigenvalue weighted by Crippen LogP contribution is -2.45. The minimum atomic E-state index is -3.61. The SMILES string of the molecule is CCc1ccccc1N(CC(=O)NCC1COc2ccccc2O1)S(C)(=O)=O. The topological polar surface area (TPSA) is 84.9 Å². The highest BCUT2D eigenvalue weighted by molar-refractivity contribution is 7.92. The van der Waals surface area contributed by atoms with Gasteiger partial charge < -0.3 is 14.8 Å². The van der Waals surface area contributed by atoms with E-state index in [9.17, 15) is 13.2 Å². The van der Waals surface area contributed by atoms with E-state index in [0.717, 1.165) is 16.1 Å². The van der Waals surface area contributed by atoms with Crippen LogP contribution in [0.15, 0.2) is 48.5 Å². The van der Waals surface area contributed by atoms with E-state index < -0.39 is 15.9 Å². The van der Waals surface area contributed by atoms with E-state index in [0.29, 0.717) is 30.2 Å². The van der Waals surface area contributed by atoms with Gasteiger partial charge in [-0.1, -0.05) is 37.3 Å². The summed E-state index contributed by atoms with van der Waals surface area (Å²) in [5, 5.41) is 2.74. The van der Waals surface area contributed by atoms with Crippen molar-refractivity contribution in [3.05, 3.63) is 54.1 Å². The van der Waals surface area contributed by atoms with Crippen molar-refractivity contribution >= 4 is 21.6 Å². The van der Waals surface area contributed by atoms with Crippen LogP contribution in [0, 0.1) is 0 Å². The predicted octanol–water partition coefficient (Wildman–Crippen LogP) is 1.97. The van der Waals surface area contributed by atoms with Crippen molar-refractivity contribution in [1.82, 2.24) is 5.32 Å². The molecule has 0 spiro atoms. The fourth-order valence-electron chi connectivity index (χ4n) is 3.01. The number of rotatable bonds is 7. The summed E-state index contributed by atoms with van der Waals surface area (Å²) in [7, 11) is -3.61. The van der Waals surface area contributed by atoms with Gasteiger partial charge in [0.15, 0.2) is 11.5 Å². The van der Waals surface area contributed by atoms with Crippen molar-refractivity contribution in [1.29, 1.82) is 0 Å². The first-order valence-corrected chi connectivity index (χ1v) is 10.9. The summed E-state index contributed by atoms with van der Waals surface area (Å²) in [5.41, 5.74) is 1.38. The average Bonchev–Trinajstić information content (AvgIpc) is 2.69. The molecule has 0 fully saturated rings. The van der Waals surface area contributed by atoms with Crippen LogP contribution in [0.1, 0.15) is 12.5 Å². The van der Waals surface area contributed by atoms with Gasteiger partial charge >= 0.3 is 0 Å². The first-order valence-electron chi connectivity index (χ1n) is 9.09. The van der Waals surface area contributed by atoms with Crippen molar-refractivity contribution in [3.63, 3.8) is 0 Å². The Morgan fingerprint density at radius 1 is 1.14 bits per heavy atom. The van der Waals surface area contributed by atoms with Crippen LogP contribution in [0.4, 0.5) is 5.69 Å². The van der Waals surface area contributed by atoms with Crippen molar-refractivity contribution in [3.8, 4) is 11.5 Å². The first kappa shape index (κ1) is 20.0. The lowest BCUT2D eigenvalue weighted by Gasteiger charge is -2.27. The molecule has 1 N–H and O–H groups in total. The van der Waals surface area contributed by atoms with Crippen molar-refractivity contribution < 1.29 is 22.7 Å². The number of amides is 1. The molecule has 1 atom stereocenters. The van der Waals surface area contributed by atoms with Crippen molar-refractivity contribution in [2.24, 2.45) is 0 Å². The molecule has 0 aromatic heterocycles. The van der Waals surface area contributed by atoms with Gasteiger partial charge in [-0.3, -0.25) is 9.10 Å². The van der Waals surface area contributed by atoms with Gasteiger partial charge in [-0.2, -0.15) is 0 Å². The van der Waals surface area contributed by atoms with Crippen molar-refractivity contribution in [2.75, 3.05) is 30.3 Å². The number of benzene rings is 2. The highest BCUT2D eigenvalue weighted by Gasteiger charge is 2.25. The smallest absolute Gasteiger partial charge is 0.240 e. The zero-order valence-corrected chi connectivity index (χ0v) is 16.7. The predicted molar refractivity (Wildman–Crippen MR) is 107 cm³/mol. The summed E-state index contributed by atoms with van der Waals surface area (Å²) in [4.78, 5) is 12.4. The number of hydrogen-bond donors (Lipinski definition) is 1. The number of nitrogens with one attached hydrogen (secondary N) is 1. The van der Waals surface area contributed by atoms with E-state index >= 15 is 0 Å². The number of fused-ring (bicyclic) bond motifs is 1. The number of nitrogens with zero attached hydrogens (tertiary/aromatic N) is 1. The summed E-state index contributed by atoms with van der Waals surface area (Å²) < 4.78 is 37.1. The van der Waals surface area contributed by atoms with Crippen LogP contribution in [-0.2, 0) is 21.2 Å². The molecule has 7 nitrogen and oxygen atoms in total. The molecule has 150 valence electrons. The summed E-state index contributed by atoms with van der Waals surface area (Å²) in [6.07, 6.45) is 1.42. The van der Waals surface area contributed by atoms with Gasteiger partial charge in [-0.15, -0.1) is 0 Å². The quantitative estimate of drug-likeness (QED) is 0.763. The third kappa shape index (κ3) is 4.75. The zero-order valence-electron chi connectivity index (χ0n) is 15.9. The Hall–Kier alpha value is -2.74. The van der Waals surface area contributed by atoms with E-state index in [1.165, 1.54) is 0 Å². The average molecular weight is 404 g/mol. The lowest BCUT2D eigenvalue weighted by molar-refractivity contribution is -0.120. The summed E-state index contributed by atoms with van der Waals surface area (Å²) in [6, 6.07) is 14.5. The van der Waals surface area contributed by atoms with Gasteiger partial charge in [0.05, 0.1) is 18.5 Å².